The molecule has 2 nitrogen and oxygen atoms in total. The molecule has 0 radical (unpaired) electrons. The van der Waals surface area contributed by atoms with Gasteiger partial charge in [0.1, 0.15) is 0 Å². The highest BCUT2D eigenvalue weighted by molar-refractivity contribution is 5.89. The fraction of sp³-hybridized carbons (Fsp3) is 0.889. The van der Waals surface area contributed by atoms with E-state index < -0.39 is 0 Å². The first-order chi connectivity index (χ1) is 5.20. The highest BCUT2D eigenvalue weighted by atomic mass is 16.1. The maximum Gasteiger partial charge on any atom is 0.153 e. The van der Waals surface area contributed by atoms with Crippen molar-refractivity contribution in [1.82, 2.24) is 5.32 Å². The van der Waals surface area contributed by atoms with Gasteiger partial charge in [0.2, 0.25) is 0 Å². The predicted molar refractivity (Wildman–Crippen MR) is 43.3 cm³/mol. The maximum absolute atomic E-state index is 11.4. The summed E-state index contributed by atoms with van der Waals surface area (Å²) in [7, 11) is 0. The molecule has 2 aliphatic rings. The third kappa shape index (κ3) is 1.32. The lowest BCUT2D eigenvalue weighted by Gasteiger charge is -1.99. The average molecular weight is 153 g/mol. The van der Waals surface area contributed by atoms with Gasteiger partial charge in [-0.15, -0.1) is 0 Å². The van der Waals surface area contributed by atoms with Gasteiger partial charge in [-0.2, -0.15) is 0 Å². The molecule has 11 heavy (non-hydrogen) atoms. The molecule has 1 aliphatic heterocycles. The van der Waals surface area contributed by atoms with Gasteiger partial charge in [0.05, 0.1) is 6.04 Å². The van der Waals surface area contributed by atoms with Crippen LogP contribution in [-0.4, -0.2) is 17.9 Å². The molecule has 0 aromatic carbocycles. The minimum absolute atomic E-state index is 0.205. The van der Waals surface area contributed by atoms with Crippen LogP contribution in [0.2, 0.25) is 0 Å². The number of hydrogen-bond donors (Lipinski definition) is 1. The molecule has 2 heteroatoms. The van der Waals surface area contributed by atoms with Gasteiger partial charge in [0, 0.05) is 12.0 Å². The van der Waals surface area contributed by atoms with Crippen molar-refractivity contribution in [2.24, 2.45) is 11.8 Å². The van der Waals surface area contributed by atoms with Gasteiger partial charge < -0.3 is 5.32 Å². The quantitative estimate of drug-likeness (QED) is 0.613. The molecule has 2 rings (SSSR count). The van der Waals surface area contributed by atoms with Gasteiger partial charge in [-0.3, -0.25) is 4.79 Å². The second-order valence-electron chi connectivity index (χ2n) is 4.06. The minimum Gasteiger partial charge on any atom is -0.301 e. The molecule has 0 spiro atoms. The number of Topliss-reactive ketones (excluding diaryl/α,β-unsaturated/α-hetero) is 1. The molecule has 2 fully saturated rings. The Hall–Kier alpha value is -0.370. The van der Waals surface area contributed by atoms with Crippen LogP contribution in [0.5, 0.6) is 0 Å². The summed E-state index contributed by atoms with van der Waals surface area (Å²) in [6.45, 7) is 3.96. The molecule has 2 atom stereocenters. The van der Waals surface area contributed by atoms with Crippen LogP contribution in [0, 0.1) is 11.8 Å². The zero-order valence-corrected chi connectivity index (χ0v) is 7.13. The third-order valence-corrected chi connectivity index (χ3v) is 2.63. The van der Waals surface area contributed by atoms with Crippen LogP contribution in [0.3, 0.4) is 0 Å². The van der Waals surface area contributed by atoms with E-state index in [4.69, 9.17) is 0 Å². The number of carbonyl (C=O) groups is 1. The van der Waals surface area contributed by atoms with Crippen molar-refractivity contribution in [2.45, 2.75) is 38.8 Å². The summed E-state index contributed by atoms with van der Waals surface area (Å²) >= 11 is 0. The van der Waals surface area contributed by atoms with Crippen LogP contribution in [0.4, 0.5) is 0 Å². The molecule has 0 aromatic heterocycles. The van der Waals surface area contributed by atoms with Crippen molar-refractivity contribution < 1.29 is 4.79 Å². The molecule has 2 unspecified atom stereocenters. The fourth-order valence-electron chi connectivity index (χ4n) is 1.63. The Morgan fingerprint density at radius 2 is 2.09 bits per heavy atom. The number of hydrogen-bond acceptors (Lipinski definition) is 2. The summed E-state index contributed by atoms with van der Waals surface area (Å²) in [5, 5.41) is 3.26. The van der Waals surface area contributed by atoms with Crippen LogP contribution in [0.1, 0.15) is 26.7 Å². The zero-order chi connectivity index (χ0) is 8.01. The molecular formula is C9H15NO. The number of nitrogens with one attached hydrogen (secondary N) is 1. The van der Waals surface area contributed by atoms with Gasteiger partial charge in [-0.1, -0.05) is 13.8 Å². The van der Waals surface area contributed by atoms with Crippen LogP contribution in [-0.2, 0) is 4.79 Å². The molecule has 1 saturated carbocycles. The van der Waals surface area contributed by atoms with E-state index in [1.807, 2.05) is 13.8 Å². The van der Waals surface area contributed by atoms with Crippen LogP contribution in [0.25, 0.3) is 0 Å². The van der Waals surface area contributed by atoms with E-state index in [0.29, 0.717) is 11.8 Å². The van der Waals surface area contributed by atoms with E-state index in [-0.39, 0.29) is 12.0 Å². The molecule has 1 heterocycles. The first kappa shape index (κ1) is 7.29. The Morgan fingerprint density at radius 3 is 2.55 bits per heavy atom. The summed E-state index contributed by atoms with van der Waals surface area (Å²) < 4.78 is 0. The van der Waals surface area contributed by atoms with Gasteiger partial charge in [0.15, 0.2) is 5.78 Å². The average Bonchev–Trinajstić information content (AvgIpc) is 2.79. The predicted octanol–water partition coefficient (Wildman–Crippen LogP) is 0.962. The Balaban J connectivity index is 1.85. The Bertz CT molecular complexity index is 184. The van der Waals surface area contributed by atoms with Crippen LogP contribution in [0.15, 0.2) is 0 Å². The van der Waals surface area contributed by atoms with Gasteiger partial charge in [-0.05, 0) is 18.8 Å². The fourth-order valence-corrected chi connectivity index (χ4v) is 1.63. The number of carbonyl (C=O) groups excluding carboxylic acids is 1. The first-order valence-corrected chi connectivity index (χ1v) is 4.50. The highest BCUT2D eigenvalue weighted by Crippen LogP contribution is 2.40. The molecular weight excluding hydrogens is 138 g/mol. The second-order valence-corrected chi connectivity index (χ2v) is 4.06. The van der Waals surface area contributed by atoms with E-state index in [2.05, 4.69) is 5.32 Å². The Labute approximate surface area is 67.4 Å². The summed E-state index contributed by atoms with van der Waals surface area (Å²) in [6.07, 6.45) is 2.67. The van der Waals surface area contributed by atoms with Crippen molar-refractivity contribution in [3.8, 4) is 0 Å². The monoisotopic (exact) mass is 153 g/mol. The normalized spacial score (nSPS) is 35.9. The van der Waals surface area contributed by atoms with E-state index >= 15 is 0 Å². The molecule has 1 saturated heterocycles. The third-order valence-electron chi connectivity index (χ3n) is 2.63. The lowest BCUT2D eigenvalue weighted by Crippen LogP contribution is -2.17. The molecule has 0 bridgehead atoms. The van der Waals surface area contributed by atoms with E-state index in [1.54, 1.807) is 0 Å². The summed E-state index contributed by atoms with van der Waals surface area (Å²) in [5.74, 6) is 1.45. The topological polar surface area (TPSA) is 39.0 Å². The zero-order valence-electron chi connectivity index (χ0n) is 7.13. The van der Waals surface area contributed by atoms with Crippen molar-refractivity contribution in [1.29, 1.82) is 0 Å². The van der Waals surface area contributed by atoms with Gasteiger partial charge in [0.25, 0.3) is 0 Å². The summed E-state index contributed by atoms with van der Waals surface area (Å²) in [5.41, 5.74) is 0. The second kappa shape index (κ2) is 2.31. The standard InChI is InChI=1S/C9H15NO/c1-5(2)9(11)8-7(10-8)6-3-4-6/h5-8,10H,3-4H2,1-2H3. The maximum atomic E-state index is 11.4. The lowest BCUT2D eigenvalue weighted by atomic mass is 10.0. The molecule has 1 aliphatic carbocycles. The molecule has 1 N–H and O–H groups in total. The lowest BCUT2D eigenvalue weighted by molar-refractivity contribution is -0.121. The van der Waals surface area contributed by atoms with Gasteiger partial charge >= 0.3 is 0 Å². The smallest absolute Gasteiger partial charge is 0.153 e. The highest BCUT2D eigenvalue weighted by Gasteiger charge is 2.50. The van der Waals surface area contributed by atoms with Crippen molar-refractivity contribution in [3.63, 3.8) is 0 Å². The van der Waals surface area contributed by atoms with Crippen molar-refractivity contribution >= 4 is 5.78 Å². The molecule has 0 amide bonds. The van der Waals surface area contributed by atoms with Crippen molar-refractivity contribution in [2.75, 3.05) is 0 Å². The molecule has 62 valence electrons. The van der Waals surface area contributed by atoms with Crippen LogP contribution < -0.4 is 5.32 Å². The van der Waals surface area contributed by atoms with E-state index in [0.717, 1.165) is 5.92 Å². The number of rotatable bonds is 3. The van der Waals surface area contributed by atoms with Crippen LogP contribution >= 0.6 is 0 Å². The Kier molecular flexibility index (Phi) is 1.53. The Morgan fingerprint density at radius 1 is 1.45 bits per heavy atom. The van der Waals surface area contributed by atoms with E-state index in [9.17, 15) is 4.79 Å². The van der Waals surface area contributed by atoms with Crippen molar-refractivity contribution in [3.05, 3.63) is 0 Å². The number of ketones is 1. The minimum atomic E-state index is 0.205. The largest absolute Gasteiger partial charge is 0.301 e. The summed E-state index contributed by atoms with van der Waals surface area (Å²) in [6, 6.07) is 0.785. The SMILES string of the molecule is CC(C)C(=O)C1NC1C1CC1. The van der Waals surface area contributed by atoms with E-state index in [1.165, 1.54) is 12.8 Å². The van der Waals surface area contributed by atoms with Gasteiger partial charge in [-0.25, -0.2) is 0 Å². The molecule has 0 aromatic rings. The first-order valence-electron chi connectivity index (χ1n) is 4.50. The summed E-state index contributed by atoms with van der Waals surface area (Å²) in [4.78, 5) is 11.4.